The van der Waals surface area contributed by atoms with Crippen molar-refractivity contribution in [3.8, 4) is 0 Å². The van der Waals surface area contributed by atoms with Crippen molar-refractivity contribution in [2.75, 3.05) is 39.4 Å². The van der Waals surface area contributed by atoms with Crippen LogP contribution in [0, 0.1) is 11.8 Å². The maximum atomic E-state index is 5.41. The number of hydrogen-bond acceptors (Lipinski definition) is 3. The monoisotopic (exact) mass is 198 g/mol. The predicted molar refractivity (Wildman–Crippen MR) is 57.4 cm³/mol. The van der Waals surface area contributed by atoms with E-state index in [0.717, 1.165) is 37.6 Å². The smallest absolute Gasteiger partial charge is 0.0593 e. The fourth-order valence-electron chi connectivity index (χ4n) is 2.88. The van der Waals surface area contributed by atoms with E-state index in [1.165, 1.54) is 19.6 Å². The third kappa shape index (κ3) is 1.95. The molecule has 0 spiro atoms. The van der Waals surface area contributed by atoms with Gasteiger partial charge in [-0.2, -0.15) is 0 Å². The zero-order valence-corrected chi connectivity index (χ0v) is 9.33. The highest BCUT2D eigenvalue weighted by atomic mass is 16.5. The second kappa shape index (κ2) is 4.60. The fraction of sp³-hybridized carbons (Fsp3) is 1.00. The molecule has 0 saturated carbocycles. The maximum absolute atomic E-state index is 5.41. The molecular formula is C11H22N2O. The molecule has 0 aliphatic carbocycles. The Bertz CT molecular complexity index is 186. The largest absolute Gasteiger partial charge is 0.380 e. The molecule has 2 saturated heterocycles. The molecule has 2 rings (SSSR count). The maximum Gasteiger partial charge on any atom is 0.0593 e. The summed E-state index contributed by atoms with van der Waals surface area (Å²) in [6.07, 6.45) is 0. The molecule has 0 aromatic rings. The van der Waals surface area contributed by atoms with Crippen molar-refractivity contribution in [2.24, 2.45) is 11.8 Å². The summed E-state index contributed by atoms with van der Waals surface area (Å²) in [4.78, 5) is 2.59. The van der Waals surface area contributed by atoms with E-state index in [1.54, 1.807) is 0 Å². The molecule has 1 N–H and O–H groups in total. The van der Waals surface area contributed by atoms with Crippen molar-refractivity contribution in [3.05, 3.63) is 0 Å². The zero-order valence-electron chi connectivity index (χ0n) is 9.33. The normalized spacial score (nSPS) is 37.7. The van der Waals surface area contributed by atoms with Crippen LogP contribution in [0.2, 0.25) is 0 Å². The molecule has 0 aromatic heterocycles. The van der Waals surface area contributed by atoms with E-state index < -0.39 is 0 Å². The van der Waals surface area contributed by atoms with Crippen LogP contribution in [0.25, 0.3) is 0 Å². The summed E-state index contributed by atoms with van der Waals surface area (Å²) in [5.74, 6) is 1.78. The number of likely N-dealkylation sites (tertiary alicyclic amines) is 1. The average molecular weight is 198 g/mol. The van der Waals surface area contributed by atoms with Crippen molar-refractivity contribution in [3.63, 3.8) is 0 Å². The second-order valence-electron chi connectivity index (χ2n) is 4.51. The molecule has 0 amide bonds. The molecule has 0 radical (unpaired) electrons. The van der Waals surface area contributed by atoms with Crippen LogP contribution in [0.3, 0.4) is 0 Å². The van der Waals surface area contributed by atoms with Gasteiger partial charge in [0.1, 0.15) is 0 Å². The van der Waals surface area contributed by atoms with Crippen molar-refractivity contribution < 1.29 is 4.74 Å². The first-order valence-electron chi connectivity index (χ1n) is 5.85. The summed E-state index contributed by atoms with van der Waals surface area (Å²) < 4.78 is 5.41. The van der Waals surface area contributed by atoms with Gasteiger partial charge in [0.15, 0.2) is 0 Å². The standard InChI is InChI=1S/C11H22N2O/c1-3-14-5-4-13-8-10-6-12-7-11(10)9(13)2/h9-12H,3-8H2,1-2H3. The van der Waals surface area contributed by atoms with E-state index in [9.17, 15) is 0 Å². The van der Waals surface area contributed by atoms with E-state index in [4.69, 9.17) is 4.74 Å². The van der Waals surface area contributed by atoms with Gasteiger partial charge in [0.05, 0.1) is 6.61 Å². The average Bonchev–Trinajstić information content (AvgIpc) is 2.72. The van der Waals surface area contributed by atoms with Crippen LogP contribution in [-0.2, 0) is 4.74 Å². The van der Waals surface area contributed by atoms with Crippen LogP contribution in [0.1, 0.15) is 13.8 Å². The first kappa shape index (κ1) is 10.4. The van der Waals surface area contributed by atoms with Gasteiger partial charge >= 0.3 is 0 Å². The highest BCUT2D eigenvalue weighted by molar-refractivity contribution is 4.96. The van der Waals surface area contributed by atoms with Gasteiger partial charge in [-0.1, -0.05) is 0 Å². The molecule has 14 heavy (non-hydrogen) atoms. The van der Waals surface area contributed by atoms with Gasteiger partial charge < -0.3 is 10.1 Å². The van der Waals surface area contributed by atoms with Crippen LogP contribution in [0.15, 0.2) is 0 Å². The van der Waals surface area contributed by atoms with E-state index in [0.29, 0.717) is 0 Å². The van der Waals surface area contributed by atoms with E-state index in [2.05, 4.69) is 24.1 Å². The molecular weight excluding hydrogens is 176 g/mol. The summed E-state index contributed by atoms with van der Waals surface area (Å²) in [5, 5.41) is 3.48. The van der Waals surface area contributed by atoms with Crippen molar-refractivity contribution >= 4 is 0 Å². The molecule has 3 nitrogen and oxygen atoms in total. The first-order valence-corrected chi connectivity index (χ1v) is 5.85. The Hall–Kier alpha value is -0.120. The third-order valence-electron chi connectivity index (χ3n) is 3.78. The topological polar surface area (TPSA) is 24.5 Å². The Kier molecular flexibility index (Phi) is 3.42. The van der Waals surface area contributed by atoms with E-state index >= 15 is 0 Å². The molecule has 2 aliphatic rings. The molecule has 3 heteroatoms. The number of ether oxygens (including phenoxy) is 1. The van der Waals surface area contributed by atoms with Crippen LogP contribution in [0.5, 0.6) is 0 Å². The number of rotatable bonds is 4. The third-order valence-corrected chi connectivity index (χ3v) is 3.78. The zero-order chi connectivity index (χ0) is 9.97. The van der Waals surface area contributed by atoms with Gasteiger partial charge in [0, 0.05) is 25.7 Å². The quantitative estimate of drug-likeness (QED) is 0.668. The Morgan fingerprint density at radius 1 is 1.43 bits per heavy atom. The number of fused-ring (bicyclic) bond motifs is 1. The number of nitrogens with one attached hydrogen (secondary N) is 1. The molecule has 2 fully saturated rings. The summed E-state index contributed by atoms with van der Waals surface area (Å²) in [6, 6.07) is 0.746. The minimum Gasteiger partial charge on any atom is -0.380 e. The Morgan fingerprint density at radius 2 is 2.29 bits per heavy atom. The van der Waals surface area contributed by atoms with Gasteiger partial charge in [-0.15, -0.1) is 0 Å². The summed E-state index contributed by atoms with van der Waals surface area (Å²) >= 11 is 0. The Labute approximate surface area is 86.8 Å². The highest BCUT2D eigenvalue weighted by Gasteiger charge is 2.41. The van der Waals surface area contributed by atoms with Crippen molar-refractivity contribution in [2.45, 2.75) is 19.9 Å². The lowest BCUT2D eigenvalue weighted by Gasteiger charge is -2.23. The van der Waals surface area contributed by atoms with Gasteiger partial charge in [0.2, 0.25) is 0 Å². The van der Waals surface area contributed by atoms with Crippen LogP contribution < -0.4 is 5.32 Å². The number of hydrogen-bond donors (Lipinski definition) is 1. The fourth-order valence-corrected chi connectivity index (χ4v) is 2.88. The van der Waals surface area contributed by atoms with Crippen molar-refractivity contribution in [1.29, 1.82) is 0 Å². The molecule has 3 unspecified atom stereocenters. The van der Waals surface area contributed by atoms with Gasteiger partial charge in [0.25, 0.3) is 0 Å². The Balaban J connectivity index is 1.78. The summed E-state index contributed by atoms with van der Waals surface area (Å²) in [6.45, 7) is 11.0. The molecule has 82 valence electrons. The molecule has 2 heterocycles. The predicted octanol–water partition coefficient (Wildman–Crippen LogP) is 0.563. The Morgan fingerprint density at radius 3 is 3.00 bits per heavy atom. The summed E-state index contributed by atoms with van der Waals surface area (Å²) in [7, 11) is 0. The lowest BCUT2D eigenvalue weighted by molar-refractivity contribution is 0.106. The van der Waals surface area contributed by atoms with Crippen LogP contribution in [0.4, 0.5) is 0 Å². The molecule has 2 aliphatic heterocycles. The van der Waals surface area contributed by atoms with E-state index in [1.807, 2.05) is 0 Å². The SMILES string of the molecule is CCOCCN1CC2CNCC2C1C. The second-order valence-corrected chi connectivity index (χ2v) is 4.51. The molecule has 3 atom stereocenters. The van der Waals surface area contributed by atoms with Crippen LogP contribution in [-0.4, -0.2) is 50.3 Å². The van der Waals surface area contributed by atoms with E-state index in [-0.39, 0.29) is 0 Å². The lowest BCUT2D eigenvalue weighted by atomic mass is 9.95. The van der Waals surface area contributed by atoms with Crippen LogP contribution >= 0.6 is 0 Å². The highest BCUT2D eigenvalue weighted by Crippen LogP contribution is 2.31. The first-order chi connectivity index (χ1) is 6.83. The van der Waals surface area contributed by atoms with Gasteiger partial charge in [-0.05, 0) is 38.8 Å². The molecule has 0 bridgehead atoms. The van der Waals surface area contributed by atoms with Crippen molar-refractivity contribution in [1.82, 2.24) is 10.2 Å². The minimum absolute atomic E-state index is 0.746. The van der Waals surface area contributed by atoms with Gasteiger partial charge in [-0.25, -0.2) is 0 Å². The summed E-state index contributed by atoms with van der Waals surface area (Å²) in [5.41, 5.74) is 0. The van der Waals surface area contributed by atoms with Gasteiger partial charge in [-0.3, -0.25) is 4.90 Å². The minimum atomic E-state index is 0.746. The number of nitrogens with zero attached hydrogens (tertiary/aromatic N) is 1. The lowest BCUT2D eigenvalue weighted by Crippen LogP contribution is -2.35. The molecule has 0 aromatic carbocycles.